The molecule has 0 bridgehead atoms. The maximum Gasteiger partial charge on any atom is 0.233 e. The number of carbonyl (C=O) groups is 2. The molecule has 2 atom stereocenters. The van der Waals surface area contributed by atoms with E-state index in [1.54, 1.807) is 36.3 Å². The number of amides is 1. The van der Waals surface area contributed by atoms with Gasteiger partial charge in [0.25, 0.3) is 0 Å². The van der Waals surface area contributed by atoms with Crippen LogP contribution in [0.2, 0.25) is 0 Å². The fourth-order valence-electron chi connectivity index (χ4n) is 2.40. The third kappa shape index (κ3) is 1.88. The first-order valence-electron chi connectivity index (χ1n) is 6.02. The molecule has 18 heavy (non-hydrogen) atoms. The first kappa shape index (κ1) is 12.6. The molecule has 0 spiro atoms. The minimum absolute atomic E-state index is 0.0206. The molecule has 0 N–H and O–H groups in total. The molecule has 0 unspecified atom stereocenters. The highest BCUT2D eigenvalue weighted by Gasteiger charge is 2.49. The van der Waals surface area contributed by atoms with Crippen molar-refractivity contribution in [2.45, 2.75) is 19.9 Å². The number of anilines is 1. The lowest BCUT2D eigenvalue weighted by molar-refractivity contribution is -0.135. The third-order valence-electron chi connectivity index (χ3n) is 3.40. The molecule has 1 amide bonds. The van der Waals surface area contributed by atoms with Crippen LogP contribution in [0, 0.1) is 11.8 Å². The van der Waals surface area contributed by atoms with Crippen LogP contribution < -0.4 is 9.64 Å². The monoisotopic (exact) mass is 247 g/mol. The molecule has 0 saturated carbocycles. The van der Waals surface area contributed by atoms with Crippen LogP contribution in [-0.2, 0) is 9.59 Å². The lowest BCUT2D eigenvalue weighted by Gasteiger charge is -2.46. The summed E-state index contributed by atoms with van der Waals surface area (Å²) >= 11 is 0. The Kier molecular flexibility index (Phi) is 3.36. The van der Waals surface area contributed by atoms with Gasteiger partial charge in [0.05, 0.1) is 13.0 Å². The van der Waals surface area contributed by atoms with E-state index in [2.05, 4.69) is 0 Å². The molecule has 4 heteroatoms. The summed E-state index contributed by atoms with van der Waals surface area (Å²) in [7, 11) is 1.59. The van der Waals surface area contributed by atoms with E-state index in [1.807, 2.05) is 13.8 Å². The van der Waals surface area contributed by atoms with Gasteiger partial charge < -0.3 is 14.4 Å². The van der Waals surface area contributed by atoms with Crippen LogP contribution in [0.4, 0.5) is 5.69 Å². The van der Waals surface area contributed by atoms with Crippen molar-refractivity contribution in [2.75, 3.05) is 12.0 Å². The average Bonchev–Trinajstić information content (AvgIpc) is 2.36. The van der Waals surface area contributed by atoms with E-state index in [4.69, 9.17) is 4.74 Å². The van der Waals surface area contributed by atoms with Gasteiger partial charge in [0.15, 0.2) is 0 Å². The molecule has 0 aliphatic carbocycles. The Morgan fingerprint density at radius 1 is 1.28 bits per heavy atom. The van der Waals surface area contributed by atoms with Gasteiger partial charge in [-0.1, -0.05) is 13.8 Å². The standard InChI is InChI=1S/C14H17NO3/c1-9(2)13-12(8-16)15(14(13)17)10-4-6-11(18-3)7-5-10/h4-9,12-13H,1-3H3/t12-,13-/m1/s1. The molecule has 1 aromatic rings. The second-order valence-corrected chi connectivity index (χ2v) is 4.80. The highest BCUT2D eigenvalue weighted by atomic mass is 16.5. The zero-order valence-electron chi connectivity index (χ0n) is 10.8. The second-order valence-electron chi connectivity index (χ2n) is 4.80. The van der Waals surface area contributed by atoms with Gasteiger partial charge in [-0.2, -0.15) is 0 Å². The molecule has 0 aromatic heterocycles. The largest absolute Gasteiger partial charge is 0.497 e. The molecule has 1 aliphatic rings. The van der Waals surface area contributed by atoms with Crippen LogP contribution >= 0.6 is 0 Å². The number of rotatable bonds is 4. The van der Waals surface area contributed by atoms with Gasteiger partial charge in [-0.15, -0.1) is 0 Å². The molecular formula is C14H17NO3. The Balaban J connectivity index is 2.23. The maximum atomic E-state index is 12.1. The Morgan fingerprint density at radius 2 is 1.89 bits per heavy atom. The van der Waals surface area contributed by atoms with Gasteiger partial charge in [0.1, 0.15) is 18.1 Å². The summed E-state index contributed by atoms with van der Waals surface area (Å²) < 4.78 is 5.07. The van der Waals surface area contributed by atoms with E-state index in [0.29, 0.717) is 0 Å². The molecule has 2 rings (SSSR count). The fourth-order valence-corrected chi connectivity index (χ4v) is 2.40. The van der Waals surface area contributed by atoms with E-state index in [0.717, 1.165) is 17.7 Å². The molecule has 1 fully saturated rings. The van der Waals surface area contributed by atoms with Crippen LogP contribution in [0.5, 0.6) is 5.75 Å². The number of β-lactam (4-membered cyclic amide) rings is 1. The second kappa shape index (κ2) is 4.80. The summed E-state index contributed by atoms with van der Waals surface area (Å²) in [5, 5.41) is 0. The van der Waals surface area contributed by atoms with Gasteiger partial charge in [0.2, 0.25) is 5.91 Å². The zero-order chi connectivity index (χ0) is 13.3. The first-order valence-corrected chi connectivity index (χ1v) is 6.02. The van der Waals surface area contributed by atoms with Crippen molar-refractivity contribution in [2.24, 2.45) is 11.8 Å². The number of methoxy groups -OCH3 is 1. The number of benzene rings is 1. The van der Waals surface area contributed by atoms with Crippen molar-refractivity contribution in [3.63, 3.8) is 0 Å². The van der Waals surface area contributed by atoms with Crippen molar-refractivity contribution < 1.29 is 14.3 Å². The van der Waals surface area contributed by atoms with Crippen molar-refractivity contribution >= 4 is 17.9 Å². The van der Waals surface area contributed by atoms with Crippen LogP contribution in [0.1, 0.15) is 13.8 Å². The van der Waals surface area contributed by atoms with Crippen molar-refractivity contribution in [3.8, 4) is 5.75 Å². The molecule has 0 radical (unpaired) electrons. The Morgan fingerprint density at radius 3 is 2.33 bits per heavy atom. The summed E-state index contributed by atoms with van der Waals surface area (Å²) in [4.78, 5) is 24.8. The van der Waals surface area contributed by atoms with Gasteiger partial charge in [-0.25, -0.2) is 0 Å². The summed E-state index contributed by atoms with van der Waals surface area (Å²) in [6.07, 6.45) is 0.857. The predicted octanol–water partition coefficient (Wildman–Crippen LogP) is 1.88. The van der Waals surface area contributed by atoms with E-state index in [9.17, 15) is 9.59 Å². The van der Waals surface area contributed by atoms with Gasteiger partial charge in [-0.05, 0) is 30.2 Å². The van der Waals surface area contributed by atoms with E-state index >= 15 is 0 Å². The van der Waals surface area contributed by atoms with Gasteiger partial charge >= 0.3 is 0 Å². The van der Waals surface area contributed by atoms with Gasteiger partial charge in [-0.3, -0.25) is 4.79 Å². The number of nitrogens with zero attached hydrogens (tertiary/aromatic N) is 1. The van der Waals surface area contributed by atoms with Crippen molar-refractivity contribution in [1.29, 1.82) is 0 Å². The van der Waals surface area contributed by atoms with Crippen molar-refractivity contribution in [3.05, 3.63) is 24.3 Å². The van der Waals surface area contributed by atoms with Crippen molar-refractivity contribution in [1.82, 2.24) is 0 Å². The summed E-state index contributed by atoms with van der Waals surface area (Å²) in [6.45, 7) is 3.93. The molecule has 1 heterocycles. The number of carbonyl (C=O) groups excluding carboxylic acids is 2. The summed E-state index contributed by atoms with van der Waals surface area (Å²) in [5.74, 6) is 0.744. The SMILES string of the molecule is COc1ccc(N2C(=O)[C@H](C(C)C)[C@H]2C=O)cc1. The fraction of sp³-hybridized carbons (Fsp3) is 0.429. The number of ether oxygens (including phenoxy) is 1. The minimum atomic E-state index is -0.342. The maximum absolute atomic E-state index is 12.1. The Hall–Kier alpha value is -1.84. The Bertz CT molecular complexity index is 453. The third-order valence-corrected chi connectivity index (χ3v) is 3.40. The molecule has 1 saturated heterocycles. The highest BCUT2D eigenvalue weighted by molar-refractivity contribution is 6.08. The Labute approximate surface area is 107 Å². The first-order chi connectivity index (χ1) is 8.60. The van der Waals surface area contributed by atoms with E-state index < -0.39 is 0 Å². The molecule has 96 valence electrons. The van der Waals surface area contributed by atoms with E-state index in [1.165, 1.54) is 0 Å². The average molecular weight is 247 g/mol. The molecule has 4 nitrogen and oxygen atoms in total. The quantitative estimate of drug-likeness (QED) is 0.603. The van der Waals surface area contributed by atoms with Crippen LogP contribution in [-0.4, -0.2) is 25.3 Å². The van der Waals surface area contributed by atoms with E-state index in [-0.39, 0.29) is 23.8 Å². The van der Waals surface area contributed by atoms with Crippen LogP contribution in [0.3, 0.4) is 0 Å². The van der Waals surface area contributed by atoms with Crippen LogP contribution in [0.15, 0.2) is 24.3 Å². The molecular weight excluding hydrogens is 230 g/mol. The van der Waals surface area contributed by atoms with Gasteiger partial charge in [0, 0.05) is 5.69 Å². The number of aldehydes is 1. The van der Waals surface area contributed by atoms with Crippen LogP contribution in [0.25, 0.3) is 0 Å². The lowest BCUT2D eigenvalue weighted by Crippen LogP contribution is -2.63. The number of hydrogen-bond donors (Lipinski definition) is 0. The topological polar surface area (TPSA) is 46.6 Å². The zero-order valence-corrected chi connectivity index (χ0v) is 10.8. The normalized spacial score (nSPS) is 22.9. The minimum Gasteiger partial charge on any atom is -0.497 e. The predicted molar refractivity (Wildman–Crippen MR) is 68.7 cm³/mol. The smallest absolute Gasteiger partial charge is 0.233 e. The summed E-state index contributed by atoms with van der Waals surface area (Å²) in [5.41, 5.74) is 0.745. The highest BCUT2D eigenvalue weighted by Crippen LogP contribution is 2.36. The molecule has 1 aliphatic heterocycles. The number of hydrogen-bond acceptors (Lipinski definition) is 3. The lowest BCUT2D eigenvalue weighted by atomic mass is 9.79. The molecule has 1 aromatic carbocycles. The summed E-state index contributed by atoms with van der Waals surface area (Å²) in [6, 6.07) is 6.82.